The number of thiophene rings is 1. The van der Waals surface area contributed by atoms with Gasteiger partial charge in [-0.25, -0.2) is 0 Å². The summed E-state index contributed by atoms with van der Waals surface area (Å²) in [6.07, 6.45) is 4.38. The predicted molar refractivity (Wildman–Crippen MR) is 134 cm³/mol. The van der Waals surface area contributed by atoms with Gasteiger partial charge in [-0.2, -0.15) is 0 Å². The molecular formula is C26H30N4O2S. The molecule has 1 aliphatic rings. The molecule has 7 heteroatoms. The number of aromatic amines is 1. The summed E-state index contributed by atoms with van der Waals surface area (Å²) in [7, 11) is 0. The van der Waals surface area contributed by atoms with Crippen LogP contribution in [0.25, 0.3) is 6.08 Å². The summed E-state index contributed by atoms with van der Waals surface area (Å²) in [6, 6.07) is 17.6. The number of H-pyrrole nitrogens is 1. The van der Waals surface area contributed by atoms with E-state index in [0.29, 0.717) is 6.54 Å². The maximum absolute atomic E-state index is 12.5. The number of piperazine rings is 1. The molecule has 1 amide bonds. The summed E-state index contributed by atoms with van der Waals surface area (Å²) >= 11 is 1.58. The maximum Gasteiger partial charge on any atom is 0.261 e. The first kappa shape index (κ1) is 23.2. The fraction of sp³-hybridized carbons (Fsp3) is 0.308. The Balaban J connectivity index is 1.25. The van der Waals surface area contributed by atoms with Crippen LogP contribution in [0.3, 0.4) is 0 Å². The number of aromatic nitrogens is 1. The predicted octanol–water partition coefficient (Wildman–Crippen LogP) is 3.76. The Morgan fingerprint density at radius 2 is 1.82 bits per heavy atom. The lowest BCUT2D eigenvalue weighted by Gasteiger charge is -2.34. The molecule has 1 saturated heterocycles. The van der Waals surface area contributed by atoms with Crippen molar-refractivity contribution in [3.63, 3.8) is 0 Å². The number of carbonyl (C=O) groups excluding carboxylic acids is 1. The number of rotatable bonds is 8. The molecule has 3 aromatic rings. The topological polar surface area (TPSA) is 68.4 Å². The SMILES string of the molecule is C[C@H](NC(=O)c1ccc(CN2CCN(C/C=C/c3ccccc3)CC2)[nH]c1=O)c1cccs1. The zero-order valence-corrected chi connectivity index (χ0v) is 19.7. The van der Waals surface area contributed by atoms with Crippen LogP contribution in [0.4, 0.5) is 0 Å². The Hall–Kier alpha value is -3.00. The second-order valence-electron chi connectivity index (χ2n) is 8.33. The van der Waals surface area contributed by atoms with Gasteiger partial charge in [-0.05, 0) is 36.1 Å². The first-order chi connectivity index (χ1) is 16.1. The number of nitrogens with one attached hydrogen (secondary N) is 2. The molecule has 0 unspecified atom stereocenters. The largest absolute Gasteiger partial charge is 0.345 e. The second-order valence-corrected chi connectivity index (χ2v) is 9.31. The second kappa shape index (κ2) is 11.2. The van der Waals surface area contributed by atoms with Crippen molar-refractivity contribution in [1.29, 1.82) is 0 Å². The summed E-state index contributed by atoms with van der Waals surface area (Å²) < 4.78 is 0. The van der Waals surface area contributed by atoms with Crippen molar-refractivity contribution < 1.29 is 4.79 Å². The number of carbonyl (C=O) groups is 1. The first-order valence-electron chi connectivity index (χ1n) is 11.3. The third-order valence-corrected chi connectivity index (χ3v) is 6.92. The van der Waals surface area contributed by atoms with Gasteiger partial charge < -0.3 is 10.3 Å². The molecule has 6 nitrogen and oxygen atoms in total. The highest BCUT2D eigenvalue weighted by molar-refractivity contribution is 7.10. The van der Waals surface area contributed by atoms with E-state index >= 15 is 0 Å². The standard InChI is InChI=1S/C26H30N4O2S/c1-20(24-10-6-18-33-24)27-25(31)23-12-11-22(28-26(23)32)19-30-16-14-29(15-17-30)13-5-9-21-7-3-2-4-8-21/h2-12,18,20H,13-17,19H2,1H3,(H,27,31)(H,28,32)/b9-5+/t20-/m0/s1. The van der Waals surface area contributed by atoms with Crippen LogP contribution in [0.5, 0.6) is 0 Å². The van der Waals surface area contributed by atoms with Gasteiger partial charge in [-0.15, -0.1) is 11.3 Å². The van der Waals surface area contributed by atoms with Crippen molar-refractivity contribution in [2.75, 3.05) is 32.7 Å². The Morgan fingerprint density at radius 3 is 2.52 bits per heavy atom. The van der Waals surface area contributed by atoms with Gasteiger partial charge in [-0.1, -0.05) is 48.6 Å². The highest BCUT2D eigenvalue weighted by Crippen LogP contribution is 2.18. The van der Waals surface area contributed by atoms with Gasteiger partial charge in [0.15, 0.2) is 0 Å². The average Bonchev–Trinajstić information content (AvgIpc) is 3.36. The summed E-state index contributed by atoms with van der Waals surface area (Å²) in [5.41, 5.74) is 1.86. The van der Waals surface area contributed by atoms with Crippen LogP contribution < -0.4 is 10.9 Å². The van der Waals surface area contributed by atoms with Gasteiger partial charge in [0.2, 0.25) is 0 Å². The Morgan fingerprint density at radius 1 is 1.06 bits per heavy atom. The number of amides is 1. The molecule has 0 radical (unpaired) electrons. The minimum atomic E-state index is -0.346. The molecule has 4 rings (SSSR count). The molecular weight excluding hydrogens is 432 g/mol. The van der Waals surface area contributed by atoms with Crippen molar-refractivity contribution in [2.45, 2.75) is 19.5 Å². The molecule has 2 N–H and O–H groups in total. The quantitative estimate of drug-likeness (QED) is 0.535. The lowest BCUT2D eigenvalue weighted by molar-refractivity contribution is 0.0939. The van der Waals surface area contributed by atoms with Crippen molar-refractivity contribution in [3.8, 4) is 0 Å². The number of nitrogens with zero attached hydrogens (tertiary/aromatic N) is 2. The van der Waals surface area contributed by atoms with Gasteiger partial charge >= 0.3 is 0 Å². The molecule has 0 saturated carbocycles. The van der Waals surface area contributed by atoms with Crippen LogP contribution in [-0.2, 0) is 6.54 Å². The summed E-state index contributed by atoms with van der Waals surface area (Å²) in [4.78, 5) is 33.8. The Bertz CT molecular complexity index is 1120. The van der Waals surface area contributed by atoms with E-state index in [1.54, 1.807) is 17.4 Å². The lowest BCUT2D eigenvalue weighted by Crippen LogP contribution is -2.46. The molecule has 1 aromatic carbocycles. The molecule has 0 bridgehead atoms. The van der Waals surface area contributed by atoms with Gasteiger partial charge in [0.05, 0.1) is 6.04 Å². The lowest BCUT2D eigenvalue weighted by atomic mass is 10.2. The highest BCUT2D eigenvalue weighted by Gasteiger charge is 2.18. The van der Waals surface area contributed by atoms with E-state index < -0.39 is 0 Å². The van der Waals surface area contributed by atoms with Gasteiger partial charge in [0.1, 0.15) is 5.56 Å². The van der Waals surface area contributed by atoms with Gasteiger partial charge in [-0.3, -0.25) is 19.4 Å². The van der Waals surface area contributed by atoms with E-state index in [0.717, 1.165) is 43.3 Å². The van der Waals surface area contributed by atoms with Crippen molar-refractivity contribution in [1.82, 2.24) is 20.1 Å². The number of benzene rings is 1. The molecule has 3 heterocycles. The van der Waals surface area contributed by atoms with E-state index in [-0.39, 0.29) is 23.1 Å². The van der Waals surface area contributed by atoms with Crippen LogP contribution in [0.1, 0.15) is 39.5 Å². The molecule has 1 aliphatic heterocycles. The molecule has 1 fully saturated rings. The Kier molecular flexibility index (Phi) is 7.88. The number of hydrogen-bond acceptors (Lipinski definition) is 5. The zero-order chi connectivity index (χ0) is 23.0. The Labute approximate surface area is 198 Å². The minimum Gasteiger partial charge on any atom is -0.345 e. The molecule has 0 spiro atoms. The number of pyridine rings is 1. The highest BCUT2D eigenvalue weighted by atomic mass is 32.1. The monoisotopic (exact) mass is 462 g/mol. The zero-order valence-electron chi connectivity index (χ0n) is 18.9. The molecule has 33 heavy (non-hydrogen) atoms. The number of hydrogen-bond donors (Lipinski definition) is 2. The van der Waals surface area contributed by atoms with E-state index in [4.69, 9.17) is 0 Å². The van der Waals surface area contributed by atoms with E-state index in [9.17, 15) is 9.59 Å². The average molecular weight is 463 g/mol. The summed E-state index contributed by atoms with van der Waals surface area (Å²) in [5.74, 6) is -0.346. The molecule has 2 aromatic heterocycles. The normalized spacial score (nSPS) is 16.2. The van der Waals surface area contributed by atoms with Crippen LogP contribution in [-0.4, -0.2) is 53.4 Å². The van der Waals surface area contributed by atoms with Crippen LogP contribution in [0.15, 0.2) is 70.8 Å². The van der Waals surface area contributed by atoms with E-state index in [2.05, 4.69) is 44.4 Å². The third kappa shape index (κ3) is 6.51. The van der Waals surface area contributed by atoms with Crippen LogP contribution >= 0.6 is 11.3 Å². The van der Waals surface area contributed by atoms with Crippen molar-refractivity contribution in [3.05, 3.63) is 98.1 Å². The third-order valence-electron chi connectivity index (χ3n) is 5.86. The fourth-order valence-electron chi connectivity index (χ4n) is 3.94. The van der Waals surface area contributed by atoms with Crippen LogP contribution in [0.2, 0.25) is 0 Å². The van der Waals surface area contributed by atoms with Crippen molar-refractivity contribution >= 4 is 23.3 Å². The van der Waals surface area contributed by atoms with E-state index in [1.807, 2.05) is 48.7 Å². The van der Waals surface area contributed by atoms with Crippen LogP contribution in [0, 0.1) is 0 Å². The minimum absolute atomic E-state index is 0.129. The summed E-state index contributed by atoms with van der Waals surface area (Å²) in [5, 5.41) is 4.88. The smallest absolute Gasteiger partial charge is 0.261 e. The van der Waals surface area contributed by atoms with Gasteiger partial charge in [0, 0.05) is 49.8 Å². The first-order valence-corrected chi connectivity index (χ1v) is 12.2. The molecule has 172 valence electrons. The van der Waals surface area contributed by atoms with Crippen molar-refractivity contribution in [2.24, 2.45) is 0 Å². The molecule has 1 atom stereocenters. The molecule has 0 aliphatic carbocycles. The van der Waals surface area contributed by atoms with E-state index in [1.165, 1.54) is 5.56 Å². The summed E-state index contributed by atoms with van der Waals surface area (Å²) in [6.45, 7) is 7.41. The van der Waals surface area contributed by atoms with Gasteiger partial charge in [0.25, 0.3) is 11.5 Å². The maximum atomic E-state index is 12.5. The fourth-order valence-corrected chi connectivity index (χ4v) is 4.68.